The van der Waals surface area contributed by atoms with Gasteiger partial charge in [-0.3, -0.25) is 0 Å². The van der Waals surface area contributed by atoms with E-state index >= 15 is 0 Å². The average molecular weight is 368 g/mol. The van der Waals surface area contributed by atoms with Gasteiger partial charge >= 0.3 is 0 Å². The summed E-state index contributed by atoms with van der Waals surface area (Å²) in [6, 6.07) is 4.49. The summed E-state index contributed by atoms with van der Waals surface area (Å²) in [5.74, 6) is 0.431. The molecule has 4 heteroatoms. The monoisotopic (exact) mass is 366 g/mol. The van der Waals surface area contributed by atoms with Crippen molar-refractivity contribution in [3.8, 4) is 5.75 Å². The Hall–Kier alpha value is -0.0900. The fourth-order valence-corrected chi connectivity index (χ4v) is 2.92. The predicted molar refractivity (Wildman–Crippen MR) is 76.4 cm³/mol. The minimum atomic E-state index is -0.262. The van der Waals surface area contributed by atoms with Gasteiger partial charge in [0.05, 0.1) is 11.1 Å². The normalized spacial score (nSPS) is 11.6. The van der Waals surface area contributed by atoms with Crippen molar-refractivity contribution in [2.75, 3.05) is 11.9 Å². The lowest BCUT2D eigenvalue weighted by atomic mass is 9.86. The molecule has 0 bridgehead atoms. The topological polar surface area (TPSA) is 9.23 Å². The summed E-state index contributed by atoms with van der Waals surface area (Å²) >= 11 is 6.85. The van der Waals surface area contributed by atoms with Gasteiger partial charge in [0.1, 0.15) is 11.6 Å². The maximum atomic E-state index is 12.9. The van der Waals surface area contributed by atoms with Crippen molar-refractivity contribution in [2.24, 2.45) is 5.41 Å². The molecule has 0 fully saturated rings. The molecule has 0 aromatic heterocycles. The molecule has 0 aliphatic carbocycles. The van der Waals surface area contributed by atoms with Crippen LogP contribution in [0.15, 0.2) is 22.7 Å². The molecule has 96 valence electrons. The molecular formula is C13H17Br2FO. The highest BCUT2D eigenvalue weighted by Crippen LogP contribution is 2.32. The summed E-state index contributed by atoms with van der Waals surface area (Å²) in [6.45, 7) is 4.96. The number of halogens is 3. The van der Waals surface area contributed by atoms with Crippen molar-refractivity contribution in [3.63, 3.8) is 0 Å². The number of hydrogen-bond donors (Lipinski definition) is 0. The number of rotatable bonds is 6. The molecule has 0 unspecified atom stereocenters. The predicted octanol–water partition coefficient (Wildman–Crippen LogP) is 5.17. The van der Waals surface area contributed by atoms with E-state index in [1.54, 1.807) is 6.07 Å². The zero-order valence-corrected chi connectivity index (χ0v) is 13.3. The van der Waals surface area contributed by atoms with Crippen molar-refractivity contribution in [3.05, 3.63) is 28.5 Å². The standard InChI is InChI=1S/C13H17Br2FO/c1-3-13(4-2,8-14)9-17-12-6-5-10(16)7-11(12)15/h5-7H,3-4,8-9H2,1-2H3. The highest BCUT2D eigenvalue weighted by molar-refractivity contribution is 9.10. The number of hydrogen-bond acceptors (Lipinski definition) is 1. The highest BCUT2D eigenvalue weighted by atomic mass is 79.9. The van der Waals surface area contributed by atoms with Crippen LogP contribution in [0.5, 0.6) is 5.75 Å². The van der Waals surface area contributed by atoms with Crippen molar-refractivity contribution in [1.29, 1.82) is 0 Å². The van der Waals surface area contributed by atoms with Crippen molar-refractivity contribution < 1.29 is 9.13 Å². The molecule has 1 aromatic rings. The van der Waals surface area contributed by atoms with E-state index < -0.39 is 0 Å². The Morgan fingerprint density at radius 2 is 1.94 bits per heavy atom. The van der Waals surface area contributed by atoms with Crippen molar-refractivity contribution in [1.82, 2.24) is 0 Å². The lowest BCUT2D eigenvalue weighted by Crippen LogP contribution is -2.29. The van der Waals surface area contributed by atoms with Gasteiger partial charge in [0.15, 0.2) is 0 Å². The molecule has 0 heterocycles. The minimum Gasteiger partial charge on any atom is -0.492 e. The Balaban J connectivity index is 2.72. The largest absolute Gasteiger partial charge is 0.492 e. The van der Waals surface area contributed by atoms with Crippen LogP contribution in [0.1, 0.15) is 26.7 Å². The molecule has 1 rings (SSSR count). The van der Waals surface area contributed by atoms with Gasteiger partial charge in [-0.25, -0.2) is 4.39 Å². The molecule has 0 N–H and O–H groups in total. The fourth-order valence-electron chi connectivity index (χ4n) is 1.50. The maximum Gasteiger partial charge on any atom is 0.133 e. The van der Waals surface area contributed by atoms with Gasteiger partial charge in [0, 0.05) is 10.7 Å². The Labute approximate surface area is 119 Å². The zero-order chi connectivity index (χ0) is 12.9. The molecule has 1 nitrogen and oxygen atoms in total. The smallest absolute Gasteiger partial charge is 0.133 e. The number of alkyl halides is 1. The van der Waals surface area contributed by atoms with Crippen LogP contribution < -0.4 is 4.74 Å². The summed E-state index contributed by atoms with van der Waals surface area (Å²) in [7, 11) is 0. The van der Waals surface area contributed by atoms with Gasteiger partial charge < -0.3 is 4.74 Å². The summed E-state index contributed by atoms with van der Waals surface area (Å²) in [5, 5.41) is 0.909. The third-order valence-corrected chi connectivity index (χ3v) is 5.02. The van der Waals surface area contributed by atoms with E-state index in [9.17, 15) is 4.39 Å². The molecule has 0 spiro atoms. The number of ether oxygens (including phenoxy) is 1. The third-order valence-electron chi connectivity index (χ3n) is 3.21. The van der Waals surface area contributed by atoms with Crippen LogP contribution in [0.3, 0.4) is 0 Å². The third kappa shape index (κ3) is 3.95. The van der Waals surface area contributed by atoms with Crippen LogP contribution in [-0.4, -0.2) is 11.9 Å². The zero-order valence-electron chi connectivity index (χ0n) is 10.1. The van der Waals surface area contributed by atoms with Gasteiger partial charge in [-0.1, -0.05) is 29.8 Å². The van der Waals surface area contributed by atoms with E-state index in [1.165, 1.54) is 12.1 Å². The molecule has 0 aliphatic heterocycles. The molecule has 0 saturated carbocycles. The first kappa shape index (κ1) is 15.0. The average Bonchev–Trinajstić information content (AvgIpc) is 2.33. The fraction of sp³-hybridized carbons (Fsp3) is 0.538. The second-order valence-electron chi connectivity index (χ2n) is 4.20. The van der Waals surface area contributed by atoms with Crippen molar-refractivity contribution >= 4 is 31.9 Å². The molecule has 0 saturated heterocycles. The van der Waals surface area contributed by atoms with Crippen LogP contribution in [0.25, 0.3) is 0 Å². The Bertz CT molecular complexity index is 356. The van der Waals surface area contributed by atoms with Crippen LogP contribution >= 0.6 is 31.9 Å². The van der Waals surface area contributed by atoms with E-state index in [0.29, 0.717) is 16.8 Å². The molecule has 0 aliphatic rings. The Morgan fingerprint density at radius 1 is 1.29 bits per heavy atom. The second kappa shape index (κ2) is 6.74. The van der Waals surface area contributed by atoms with E-state index in [-0.39, 0.29) is 11.2 Å². The SMILES string of the molecule is CCC(CC)(CBr)COc1ccc(F)cc1Br. The molecule has 17 heavy (non-hydrogen) atoms. The quantitative estimate of drug-likeness (QED) is 0.630. The van der Waals surface area contributed by atoms with E-state index in [0.717, 1.165) is 18.2 Å². The minimum absolute atomic E-state index is 0.147. The Kier molecular flexibility index (Phi) is 5.93. The lowest BCUT2D eigenvalue weighted by Gasteiger charge is -2.29. The van der Waals surface area contributed by atoms with Gasteiger partial charge in [-0.15, -0.1) is 0 Å². The van der Waals surface area contributed by atoms with Gasteiger partial charge in [-0.2, -0.15) is 0 Å². The van der Waals surface area contributed by atoms with E-state index in [4.69, 9.17) is 4.74 Å². The van der Waals surface area contributed by atoms with Crippen LogP contribution in [0, 0.1) is 11.2 Å². The first-order valence-corrected chi connectivity index (χ1v) is 7.62. The summed E-state index contributed by atoms with van der Waals surface area (Å²) in [6.07, 6.45) is 2.10. The van der Waals surface area contributed by atoms with Gasteiger partial charge in [-0.05, 0) is 47.0 Å². The summed E-state index contributed by atoms with van der Waals surface area (Å²) in [4.78, 5) is 0. The van der Waals surface area contributed by atoms with Crippen molar-refractivity contribution in [2.45, 2.75) is 26.7 Å². The van der Waals surface area contributed by atoms with E-state index in [2.05, 4.69) is 45.7 Å². The first-order chi connectivity index (χ1) is 8.06. The van der Waals surface area contributed by atoms with Crippen LogP contribution in [0.2, 0.25) is 0 Å². The highest BCUT2D eigenvalue weighted by Gasteiger charge is 2.26. The second-order valence-corrected chi connectivity index (χ2v) is 5.62. The molecule has 0 amide bonds. The molecule has 1 aromatic carbocycles. The van der Waals surface area contributed by atoms with Crippen LogP contribution in [0.4, 0.5) is 4.39 Å². The van der Waals surface area contributed by atoms with Crippen LogP contribution in [-0.2, 0) is 0 Å². The summed E-state index contributed by atoms with van der Waals surface area (Å²) < 4.78 is 19.4. The lowest BCUT2D eigenvalue weighted by molar-refractivity contribution is 0.157. The first-order valence-electron chi connectivity index (χ1n) is 5.70. The summed E-state index contributed by atoms with van der Waals surface area (Å²) in [5.41, 5.74) is 0.147. The number of benzene rings is 1. The Morgan fingerprint density at radius 3 is 2.41 bits per heavy atom. The van der Waals surface area contributed by atoms with Gasteiger partial charge in [0.25, 0.3) is 0 Å². The van der Waals surface area contributed by atoms with E-state index in [1.807, 2.05) is 0 Å². The molecule has 0 atom stereocenters. The maximum absolute atomic E-state index is 12.9. The molecular weight excluding hydrogens is 351 g/mol. The van der Waals surface area contributed by atoms with Gasteiger partial charge in [0.2, 0.25) is 0 Å². The molecule has 0 radical (unpaired) electrons.